The van der Waals surface area contributed by atoms with Crippen molar-refractivity contribution in [2.75, 3.05) is 33.9 Å². The molecule has 0 bridgehead atoms. The van der Waals surface area contributed by atoms with Gasteiger partial charge in [-0.15, -0.1) is 6.58 Å². The smallest absolute Gasteiger partial charge is 0.256 e. The van der Waals surface area contributed by atoms with Gasteiger partial charge in [0.05, 0.1) is 31.4 Å². The molecule has 2 aromatic carbocycles. The molecule has 0 N–H and O–H groups in total. The van der Waals surface area contributed by atoms with Crippen LogP contribution in [0, 0.1) is 6.92 Å². The van der Waals surface area contributed by atoms with Crippen LogP contribution in [0.25, 0.3) is 0 Å². The van der Waals surface area contributed by atoms with Crippen molar-refractivity contribution in [3.63, 3.8) is 0 Å². The van der Waals surface area contributed by atoms with E-state index in [0.717, 1.165) is 11.3 Å². The van der Waals surface area contributed by atoms with E-state index in [1.807, 2.05) is 37.3 Å². The summed E-state index contributed by atoms with van der Waals surface area (Å²) in [6, 6.07) is 14.0. The number of halogens is 2. The summed E-state index contributed by atoms with van der Waals surface area (Å²) in [6.07, 6.45) is 2.13. The molecule has 0 fully saturated rings. The van der Waals surface area contributed by atoms with E-state index in [-0.39, 0.29) is 42.0 Å². The fourth-order valence-corrected chi connectivity index (χ4v) is 4.31. The fraction of sp³-hybridized carbons (Fsp3) is 0.286. The predicted molar refractivity (Wildman–Crippen MR) is 145 cm³/mol. The van der Waals surface area contributed by atoms with Crippen molar-refractivity contribution in [2.45, 2.75) is 19.9 Å². The van der Waals surface area contributed by atoms with Crippen LogP contribution >= 0.6 is 23.2 Å². The molecule has 3 rings (SSSR count). The summed E-state index contributed by atoms with van der Waals surface area (Å²) < 4.78 is 16.4. The Balaban J connectivity index is 1.80. The van der Waals surface area contributed by atoms with E-state index in [4.69, 9.17) is 37.1 Å². The number of furan rings is 1. The Labute approximate surface area is 227 Å². The highest BCUT2D eigenvalue weighted by atomic mass is 35.5. The summed E-state index contributed by atoms with van der Waals surface area (Å²) in [5.41, 5.74) is 1.23. The molecular formula is C28H30Cl2N2O5. The molecule has 0 saturated carbocycles. The van der Waals surface area contributed by atoms with Crippen LogP contribution in [0.15, 0.2) is 65.6 Å². The summed E-state index contributed by atoms with van der Waals surface area (Å²) >= 11 is 12.2. The van der Waals surface area contributed by atoms with Crippen LogP contribution in [0.2, 0.25) is 10.0 Å². The number of hydrogen-bond donors (Lipinski definition) is 0. The standard InChI is InChI=1S/C28H30Cl2N2O5/c1-5-13-32(28(34)23-10-8-21(29)16-24(23)30)18-27(33)31(17-22-9-6-19(2)37-22)14-12-20-7-11-25(35-3)26(15-20)36-4/h5-11,15-16H,1,12-14,17-18H2,2-4H3. The van der Waals surface area contributed by atoms with Gasteiger partial charge in [-0.05, 0) is 61.4 Å². The van der Waals surface area contributed by atoms with Crippen LogP contribution in [0.4, 0.5) is 0 Å². The molecule has 196 valence electrons. The molecular weight excluding hydrogens is 515 g/mol. The van der Waals surface area contributed by atoms with E-state index in [0.29, 0.717) is 35.2 Å². The first kappa shape index (κ1) is 28.2. The predicted octanol–water partition coefficient (Wildman–Crippen LogP) is 5.81. The van der Waals surface area contributed by atoms with Crippen LogP contribution in [0.5, 0.6) is 11.5 Å². The van der Waals surface area contributed by atoms with Gasteiger partial charge in [0.25, 0.3) is 5.91 Å². The Kier molecular flexibility index (Phi) is 10.1. The summed E-state index contributed by atoms with van der Waals surface area (Å²) in [4.78, 5) is 29.8. The first-order valence-electron chi connectivity index (χ1n) is 11.6. The second kappa shape index (κ2) is 13.2. The zero-order valence-electron chi connectivity index (χ0n) is 21.1. The second-order valence-corrected chi connectivity index (χ2v) is 9.21. The Bertz CT molecular complexity index is 1260. The Morgan fingerprint density at radius 1 is 1.00 bits per heavy atom. The fourth-order valence-electron chi connectivity index (χ4n) is 3.82. The first-order valence-corrected chi connectivity index (χ1v) is 12.4. The largest absolute Gasteiger partial charge is 0.493 e. The Morgan fingerprint density at radius 2 is 1.76 bits per heavy atom. The number of rotatable bonds is 12. The molecule has 1 heterocycles. The topological polar surface area (TPSA) is 72.2 Å². The summed E-state index contributed by atoms with van der Waals surface area (Å²) in [6.45, 7) is 6.25. The third-order valence-electron chi connectivity index (χ3n) is 5.74. The van der Waals surface area contributed by atoms with Gasteiger partial charge < -0.3 is 23.7 Å². The lowest BCUT2D eigenvalue weighted by atomic mass is 10.1. The average molecular weight is 545 g/mol. The zero-order chi connectivity index (χ0) is 26.9. The minimum atomic E-state index is -0.386. The van der Waals surface area contributed by atoms with Crippen molar-refractivity contribution in [3.8, 4) is 11.5 Å². The SMILES string of the molecule is C=CCN(CC(=O)N(CCc1ccc(OC)c(OC)c1)Cc1ccc(C)o1)C(=O)c1ccc(Cl)cc1Cl. The third-order valence-corrected chi connectivity index (χ3v) is 6.29. The molecule has 0 unspecified atom stereocenters. The van der Waals surface area contributed by atoms with Gasteiger partial charge >= 0.3 is 0 Å². The lowest BCUT2D eigenvalue weighted by Gasteiger charge is -2.27. The molecule has 1 aromatic heterocycles. The molecule has 0 saturated heterocycles. The van der Waals surface area contributed by atoms with Gasteiger partial charge in [0, 0.05) is 18.1 Å². The van der Waals surface area contributed by atoms with E-state index in [2.05, 4.69) is 6.58 Å². The molecule has 0 spiro atoms. The number of amides is 2. The number of benzene rings is 2. The Morgan fingerprint density at radius 3 is 2.38 bits per heavy atom. The molecule has 2 amide bonds. The maximum Gasteiger partial charge on any atom is 0.256 e. The molecule has 3 aromatic rings. The van der Waals surface area contributed by atoms with Crippen molar-refractivity contribution >= 4 is 35.0 Å². The minimum Gasteiger partial charge on any atom is -0.493 e. The lowest BCUT2D eigenvalue weighted by Crippen LogP contribution is -2.43. The van der Waals surface area contributed by atoms with E-state index in [9.17, 15) is 9.59 Å². The maximum atomic E-state index is 13.5. The molecule has 0 aliphatic carbocycles. The number of carbonyl (C=O) groups excluding carboxylic acids is 2. The summed E-state index contributed by atoms with van der Waals surface area (Å²) in [7, 11) is 3.16. The number of carbonyl (C=O) groups is 2. The molecule has 0 atom stereocenters. The van der Waals surface area contributed by atoms with Crippen molar-refractivity contribution in [3.05, 3.63) is 93.9 Å². The molecule has 7 nitrogen and oxygen atoms in total. The highest BCUT2D eigenvalue weighted by Crippen LogP contribution is 2.28. The third kappa shape index (κ3) is 7.54. The maximum absolute atomic E-state index is 13.5. The van der Waals surface area contributed by atoms with Crippen molar-refractivity contribution in [1.29, 1.82) is 0 Å². The van der Waals surface area contributed by atoms with Crippen LogP contribution in [0.3, 0.4) is 0 Å². The van der Waals surface area contributed by atoms with Crippen molar-refractivity contribution < 1.29 is 23.5 Å². The van der Waals surface area contributed by atoms with E-state index in [1.54, 1.807) is 37.3 Å². The van der Waals surface area contributed by atoms with Gasteiger partial charge in [0.15, 0.2) is 11.5 Å². The van der Waals surface area contributed by atoms with Gasteiger partial charge in [-0.3, -0.25) is 9.59 Å². The summed E-state index contributed by atoms with van der Waals surface area (Å²) in [5.74, 6) is 2.02. The van der Waals surface area contributed by atoms with Gasteiger partial charge in [-0.25, -0.2) is 0 Å². The zero-order valence-corrected chi connectivity index (χ0v) is 22.6. The van der Waals surface area contributed by atoms with Gasteiger partial charge in [-0.2, -0.15) is 0 Å². The number of hydrogen-bond acceptors (Lipinski definition) is 5. The summed E-state index contributed by atoms with van der Waals surface area (Å²) in [5, 5.41) is 0.637. The molecule has 9 heteroatoms. The lowest BCUT2D eigenvalue weighted by molar-refractivity contribution is -0.132. The molecule has 37 heavy (non-hydrogen) atoms. The van der Waals surface area contributed by atoms with Crippen LogP contribution in [0.1, 0.15) is 27.4 Å². The van der Waals surface area contributed by atoms with Crippen molar-refractivity contribution in [1.82, 2.24) is 9.80 Å². The van der Waals surface area contributed by atoms with E-state index < -0.39 is 0 Å². The van der Waals surface area contributed by atoms with E-state index >= 15 is 0 Å². The minimum absolute atomic E-state index is 0.157. The highest BCUT2D eigenvalue weighted by molar-refractivity contribution is 6.36. The average Bonchev–Trinajstić information content (AvgIpc) is 3.30. The van der Waals surface area contributed by atoms with Crippen LogP contribution in [-0.2, 0) is 17.8 Å². The number of methoxy groups -OCH3 is 2. The Hall–Kier alpha value is -3.42. The second-order valence-electron chi connectivity index (χ2n) is 8.37. The van der Waals surface area contributed by atoms with Crippen LogP contribution < -0.4 is 9.47 Å². The normalized spacial score (nSPS) is 10.6. The quantitative estimate of drug-likeness (QED) is 0.269. The monoisotopic (exact) mass is 544 g/mol. The number of ether oxygens (including phenoxy) is 2. The molecule has 0 aliphatic rings. The number of nitrogens with zero attached hydrogens (tertiary/aromatic N) is 2. The van der Waals surface area contributed by atoms with Crippen LogP contribution in [-0.4, -0.2) is 55.5 Å². The highest BCUT2D eigenvalue weighted by Gasteiger charge is 2.24. The first-order chi connectivity index (χ1) is 17.7. The van der Waals surface area contributed by atoms with Crippen molar-refractivity contribution in [2.24, 2.45) is 0 Å². The van der Waals surface area contributed by atoms with Gasteiger partial charge in [0.2, 0.25) is 5.91 Å². The number of aryl methyl sites for hydroxylation is 1. The van der Waals surface area contributed by atoms with E-state index in [1.165, 1.54) is 11.0 Å². The van der Waals surface area contributed by atoms with Gasteiger partial charge in [0.1, 0.15) is 18.1 Å². The molecule has 0 aliphatic heterocycles. The van der Waals surface area contributed by atoms with Gasteiger partial charge in [-0.1, -0.05) is 35.3 Å². The molecule has 0 radical (unpaired) electrons.